The Labute approximate surface area is 94.0 Å². The van der Waals surface area contributed by atoms with Gasteiger partial charge in [0, 0.05) is 5.97 Å². The number of hydrogen-bond donors (Lipinski definition) is 1. The first-order chi connectivity index (χ1) is 4.37. The summed E-state index contributed by atoms with van der Waals surface area (Å²) in [5.74, 6) is -2.52. The molecule has 0 saturated carbocycles. The van der Waals surface area contributed by atoms with Gasteiger partial charge in [-0.15, -0.1) is 0 Å². The van der Waals surface area contributed by atoms with E-state index in [1.165, 1.54) is 0 Å². The minimum Gasteiger partial charge on any atom is -0.550 e. The molecule has 0 radical (unpaired) electrons. The zero-order valence-corrected chi connectivity index (χ0v) is 8.57. The molecule has 0 aromatic heterocycles. The second-order valence-electron chi connectivity index (χ2n) is 1.49. The summed E-state index contributed by atoms with van der Waals surface area (Å²) in [4.78, 5) is 18.2. The van der Waals surface area contributed by atoms with Crippen LogP contribution in [0.2, 0.25) is 0 Å². The summed E-state index contributed by atoms with van der Waals surface area (Å²) < 4.78 is 0. The Balaban J connectivity index is -0.000000114. The minimum atomic E-state index is -1.44. The van der Waals surface area contributed by atoms with Crippen LogP contribution in [0.5, 0.6) is 0 Å². The van der Waals surface area contributed by atoms with E-state index in [2.05, 4.69) is 0 Å². The van der Waals surface area contributed by atoms with Crippen molar-refractivity contribution in [2.75, 3.05) is 0 Å². The van der Waals surface area contributed by atoms with Crippen molar-refractivity contribution in [3.8, 4) is 0 Å². The summed E-state index contributed by atoms with van der Waals surface area (Å²) in [5.41, 5.74) is 0. The van der Waals surface area contributed by atoms with Gasteiger partial charge in [0.05, 0.1) is 12.1 Å². The Morgan fingerprint density at radius 1 is 1.36 bits per heavy atom. The van der Waals surface area contributed by atoms with Crippen LogP contribution in [0.15, 0.2) is 0 Å². The maximum Gasteiger partial charge on any atom is 2.00 e. The second kappa shape index (κ2) is 10.2. The number of rotatable bonds is 1. The summed E-state index contributed by atoms with van der Waals surface area (Å²) in [6, 6.07) is 0. The first-order valence-corrected chi connectivity index (χ1v) is 2.44. The van der Waals surface area contributed by atoms with Crippen molar-refractivity contribution in [2.45, 2.75) is 20.0 Å². The molecule has 0 aromatic carbocycles. The SMILES string of the molecule is CC(=O)[O-].CC(O)C(=O)[O-].[Ca+2]. The van der Waals surface area contributed by atoms with Crippen molar-refractivity contribution in [1.82, 2.24) is 0 Å². The van der Waals surface area contributed by atoms with E-state index >= 15 is 0 Å². The number of aliphatic carboxylic acids is 2. The Bertz CT molecular complexity index is 118. The molecule has 0 spiro atoms. The molecular formula is C5H8CaO5. The molecule has 60 valence electrons. The van der Waals surface area contributed by atoms with Gasteiger partial charge in [0.15, 0.2) is 0 Å². The fourth-order valence-electron chi connectivity index (χ4n) is 0. The fourth-order valence-corrected chi connectivity index (χ4v) is 0. The van der Waals surface area contributed by atoms with Crippen molar-refractivity contribution in [3.63, 3.8) is 0 Å². The van der Waals surface area contributed by atoms with E-state index in [1.807, 2.05) is 0 Å². The molecule has 0 heterocycles. The summed E-state index contributed by atoms with van der Waals surface area (Å²) in [6.07, 6.45) is -1.34. The monoisotopic (exact) mass is 188 g/mol. The Morgan fingerprint density at radius 2 is 1.45 bits per heavy atom. The predicted molar refractivity (Wildman–Crippen MR) is 33.1 cm³/mol. The second-order valence-corrected chi connectivity index (χ2v) is 1.49. The Hall–Kier alpha value is 0.160. The molecular weight excluding hydrogens is 180 g/mol. The quantitative estimate of drug-likeness (QED) is 0.430. The van der Waals surface area contributed by atoms with Gasteiger partial charge >= 0.3 is 37.7 Å². The molecule has 0 aliphatic carbocycles. The largest absolute Gasteiger partial charge is 2.00 e. The third-order valence-electron chi connectivity index (χ3n) is 0.341. The first-order valence-electron chi connectivity index (χ1n) is 2.44. The topological polar surface area (TPSA) is 100 Å². The molecule has 1 atom stereocenters. The van der Waals surface area contributed by atoms with E-state index in [-0.39, 0.29) is 37.7 Å². The number of carboxylic acids is 2. The van der Waals surface area contributed by atoms with Gasteiger partial charge in [0.25, 0.3) is 0 Å². The molecule has 0 bridgehead atoms. The molecule has 1 unspecified atom stereocenters. The number of carbonyl (C=O) groups is 2. The molecule has 11 heavy (non-hydrogen) atoms. The van der Waals surface area contributed by atoms with Crippen molar-refractivity contribution in [3.05, 3.63) is 0 Å². The smallest absolute Gasteiger partial charge is 0.550 e. The van der Waals surface area contributed by atoms with E-state index in [4.69, 9.17) is 15.0 Å². The van der Waals surface area contributed by atoms with Crippen LogP contribution in [0.4, 0.5) is 0 Å². The number of carbonyl (C=O) groups excluding carboxylic acids is 2. The summed E-state index contributed by atoms with van der Waals surface area (Å²) in [7, 11) is 0. The van der Waals surface area contributed by atoms with Gasteiger partial charge in [-0.3, -0.25) is 0 Å². The van der Waals surface area contributed by atoms with Crippen LogP contribution in [-0.4, -0.2) is 60.9 Å². The summed E-state index contributed by atoms with van der Waals surface area (Å²) in [5, 5.41) is 26.2. The molecule has 6 heteroatoms. The molecule has 0 amide bonds. The van der Waals surface area contributed by atoms with Crippen molar-refractivity contribution < 1.29 is 24.9 Å². The van der Waals surface area contributed by atoms with Crippen molar-refractivity contribution in [1.29, 1.82) is 0 Å². The molecule has 0 saturated heterocycles. The summed E-state index contributed by atoms with van der Waals surface area (Å²) in [6.45, 7) is 2.11. The number of hydrogen-bond acceptors (Lipinski definition) is 5. The first kappa shape index (κ1) is 17.3. The fraction of sp³-hybridized carbons (Fsp3) is 0.600. The van der Waals surface area contributed by atoms with Gasteiger partial charge < -0.3 is 24.9 Å². The molecule has 0 aliphatic rings. The van der Waals surface area contributed by atoms with Crippen LogP contribution in [0.1, 0.15) is 13.8 Å². The molecule has 5 nitrogen and oxygen atoms in total. The average Bonchev–Trinajstić information content (AvgIpc) is 1.63. The van der Waals surface area contributed by atoms with Gasteiger partial charge in [0.2, 0.25) is 0 Å². The molecule has 0 fully saturated rings. The van der Waals surface area contributed by atoms with E-state index in [0.717, 1.165) is 13.8 Å². The standard InChI is InChI=1S/C3H6O3.C2H4O2.Ca/c1-2(4)3(5)6;1-2(3)4;/h2,4H,1H3,(H,5,6);1H3,(H,3,4);/q;;+2/p-2. The van der Waals surface area contributed by atoms with Gasteiger partial charge in [-0.25, -0.2) is 0 Å². The minimum absolute atomic E-state index is 0. The summed E-state index contributed by atoms with van der Waals surface area (Å²) >= 11 is 0. The molecule has 0 aliphatic heterocycles. The zero-order valence-electron chi connectivity index (χ0n) is 6.36. The van der Waals surface area contributed by atoms with Gasteiger partial charge in [-0.1, -0.05) is 0 Å². The zero-order chi connectivity index (χ0) is 8.73. The third kappa shape index (κ3) is 39.1. The van der Waals surface area contributed by atoms with Crippen molar-refractivity contribution in [2.24, 2.45) is 0 Å². The third-order valence-corrected chi connectivity index (χ3v) is 0.341. The van der Waals surface area contributed by atoms with Crippen LogP contribution < -0.4 is 10.2 Å². The van der Waals surface area contributed by atoms with Crippen molar-refractivity contribution >= 4 is 49.7 Å². The van der Waals surface area contributed by atoms with E-state index in [0.29, 0.717) is 0 Å². The number of aliphatic hydroxyl groups is 1. The number of aliphatic hydroxyl groups excluding tert-OH is 1. The van der Waals surface area contributed by atoms with Gasteiger partial charge in [-0.05, 0) is 13.8 Å². The van der Waals surface area contributed by atoms with Crippen LogP contribution in [0.3, 0.4) is 0 Å². The van der Waals surface area contributed by atoms with Crippen LogP contribution in [-0.2, 0) is 9.59 Å². The Morgan fingerprint density at radius 3 is 1.45 bits per heavy atom. The van der Waals surface area contributed by atoms with E-state index < -0.39 is 18.0 Å². The average molecular weight is 188 g/mol. The molecule has 0 aromatic rings. The molecule has 1 N–H and O–H groups in total. The van der Waals surface area contributed by atoms with E-state index in [1.54, 1.807) is 0 Å². The van der Waals surface area contributed by atoms with Crippen LogP contribution in [0, 0.1) is 0 Å². The van der Waals surface area contributed by atoms with Crippen LogP contribution in [0.25, 0.3) is 0 Å². The normalized spacial score (nSPS) is 9.73. The van der Waals surface area contributed by atoms with Gasteiger partial charge in [0.1, 0.15) is 0 Å². The maximum absolute atomic E-state index is 9.34. The van der Waals surface area contributed by atoms with E-state index in [9.17, 15) is 9.90 Å². The van der Waals surface area contributed by atoms with Gasteiger partial charge in [-0.2, -0.15) is 0 Å². The molecule has 0 rings (SSSR count). The number of carboxylic acid groups (broad SMARTS) is 2. The predicted octanol–water partition coefficient (Wildman–Crippen LogP) is -3.51. The van der Waals surface area contributed by atoms with Crippen LogP contribution >= 0.6 is 0 Å². The Kier molecular flexibility index (Phi) is 16.0. The maximum atomic E-state index is 9.34.